The van der Waals surface area contributed by atoms with Gasteiger partial charge in [-0.1, -0.05) is 41.4 Å². The van der Waals surface area contributed by atoms with Crippen molar-refractivity contribution in [2.75, 3.05) is 31.3 Å². The smallest absolute Gasteiger partial charge is 0.242 e. The number of carbonyl (C=O) groups excluding carboxylic acids is 2. The van der Waals surface area contributed by atoms with Crippen LogP contribution in [0.1, 0.15) is 25.3 Å². The number of hydrogen-bond donors (Lipinski definition) is 1. The lowest BCUT2D eigenvalue weighted by Crippen LogP contribution is -2.47. The van der Waals surface area contributed by atoms with Crippen LogP contribution in [0.5, 0.6) is 5.75 Å². The highest BCUT2D eigenvalue weighted by molar-refractivity contribution is 7.92. The molecule has 2 aromatic carbocycles. The average molecular weight is 530 g/mol. The van der Waals surface area contributed by atoms with Gasteiger partial charge in [0.2, 0.25) is 21.8 Å². The Kier molecular flexibility index (Phi) is 10.0. The lowest BCUT2D eigenvalue weighted by molar-refractivity contribution is -0.140. The maximum Gasteiger partial charge on any atom is 0.242 e. The fourth-order valence-electron chi connectivity index (χ4n) is 3.46. The molecule has 186 valence electrons. The summed E-state index contributed by atoms with van der Waals surface area (Å²) in [7, 11) is -0.687. The lowest BCUT2D eigenvalue weighted by atomic mass is 10.1. The summed E-state index contributed by atoms with van der Waals surface area (Å²) in [4.78, 5) is 26.9. The topological polar surface area (TPSA) is 96.0 Å². The Morgan fingerprint density at radius 1 is 1.09 bits per heavy atom. The molecule has 0 aliphatic carbocycles. The van der Waals surface area contributed by atoms with Crippen LogP contribution in [0, 0.1) is 0 Å². The molecule has 0 radical (unpaired) electrons. The third-order valence-electron chi connectivity index (χ3n) is 5.31. The van der Waals surface area contributed by atoms with E-state index < -0.39 is 16.1 Å². The number of nitrogens with zero attached hydrogens (tertiary/aromatic N) is 2. The lowest BCUT2D eigenvalue weighted by Gasteiger charge is -2.29. The molecule has 1 N–H and O–H groups in total. The van der Waals surface area contributed by atoms with Crippen LogP contribution < -0.4 is 14.4 Å². The number of halogens is 2. The summed E-state index contributed by atoms with van der Waals surface area (Å²) in [6.07, 6.45) is 1.32. The highest BCUT2D eigenvalue weighted by Crippen LogP contribution is 2.30. The number of hydrogen-bond acceptors (Lipinski definition) is 5. The third kappa shape index (κ3) is 7.01. The van der Waals surface area contributed by atoms with Crippen molar-refractivity contribution in [3.05, 3.63) is 58.1 Å². The number of rotatable bonds is 11. The predicted molar refractivity (Wildman–Crippen MR) is 135 cm³/mol. The Morgan fingerprint density at radius 2 is 1.71 bits per heavy atom. The standard InChI is InChI=1S/C23H29Cl2N3O5S/c1-16(23(30)26-2)27(15-17-18(24)9-7-10-19(17)25)22(29)13-8-14-28(34(4,31)32)20-11-5-6-12-21(20)33-3/h5-7,9-12,16H,8,13-15H2,1-4H3,(H,26,30). The number of likely N-dealkylation sites (N-methyl/N-ethyl adjacent to an activating group) is 1. The minimum atomic E-state index is -3.63. The Balaban J connectivity index is 2.23. The first-order valence-electron chi connectivity index (χ1n) is 10.6. The van der Waals surface area contributed by atoms with E-state index in [-0.39, 0.29) is 37.7 Å². The third-order valence-corrected chi connectivity index (χ3v) is 7.20. The van der Waals surface area contributed by atoms with Gasteiger partial charge in [-0.25, -0.2) is 8.42 Å². The number of nitrogens with one attached hydrogen (secondary N) is 1. The Labute approximate surface area is 210 Å². The molecule has 0 bridgehead atoms. The highest BCUT2D eigenvalue weighted by atomic mass is 35.5. The average Bonchev–Trinajstić information content (AvgIpc) is 2.79. The number of carbonyl (C=O) groups is 2. The monoisotopic (exact) mass is 529 g/mol. The van der Waals surface area contributed by atoms with Gasteiger partial charge in [0, 0.05) is 42.2 Å². The normalized spacial score (nSPS) is 12.1. The maximum absolute atomic E-state index is 13.2. The van der Waals surface area contributed by atoms with Crippen LogP contribution in [0.2, 0.25) is 10.0 Å². The van der Waals surface area contributed by atoms with E-state index in [1.165, 1.54) is 23.4 Å². The van der Waals surface area contributed by atoms with Crippen molar-refractivity contribution in [3.8, 4) is 5.75 Å². The minimum Gasteiger partial charge on any atom is -0.495 e. The molecule has 0 aliphatic heterocycles. The summed E-state index contributed by atoms with van der Waals surface area (Å²) in [5, 5.41) is 3.31. The summed E-state index contributed by atoms with van der Waals surface area (Å²) < 4.78 is 31.4. The van der Waals surface area contributed by atoms with Crippen molar-refractivity contribution in [2.24, 2.45) is 0 Å². The second-order valence-corrected chi connectivity index (χ2v) is 10.3. The molecule has 8 nitrogen and oxygen atoms in total. The molecule has 0 saturated carbocycles. The summed E-state index contributed by atoms with van der Waals surface area (Å²) >= 11 is 12.6. The molecule has 0 fully saturated rings. The Morgan fingerprint density at radius 3 is 2.26 bits per heavy atom. The SMILES string of the molecule is CNC(=O)C(C)N(Cc1c(Cl)cccc1Cl)C(=O)CCCN(c1ccccc1OC)S(C)(=O)=O. The molecule has 0 saturated heterocycles. The Hall–Kier alpha value is -2.49. The second kappa shape index (κ2) is 12.3. The number of benzene rings is 2. The van der Waals surface area contributed by atoms with Crippen molar-refractivity contribution >= 4 is 50.7 Å². The van der Waals surface area contributed by atoms with Crippen LogP contribution in [0.3, 0.4) is 0 Å². The van der Waals surface area contributed by atoms with Gasteiger partial charge in [0.1, 0.15) is 11.8 Å². The van der Waals surface area contributed by atoms with Gasteiger partial charge in [-0.2, -0.15) is 0 Å². The van der Waals surface area contributed by atoms with Crippen LogP contribution in [-0.2, 0) is 26.2 Å². The van der Waals surface area contributed by atoms with Crippen molar-refractivity contribution in [1.29, 1.82) is 0 Å². The molecule has 0 spiro atoms. The molecule has 0 aliphatic rings. The molecule has 0 heterocycles. The second-order valence-electron chi connectivity index (χ2n) is 7.62. The van der Waals surface area contributed by atoms with E-state index in [9.17, 15) is 18.0 Å². The van der Waals surface area contributed by atoms with Gasteiger partial charge >= 0.3 is 0 Å². The number of para-hydroxylation sites is 2. The molecule has 1 atom stereocenters. The summed E-state index contributed by atoms with van der Waals surface area (Å²) in [5.41, 5.74) is 0.917. The molecular weight excluding hydrogens is 501 g/mol. The van der Waals surface area contributed by atoms with Gasteiger partial charge in [-0.3, -0.25) is 13.9 Å². The molecule has 1 unspecified atom stereocenters. The zero-order chi connectivity index (χ0) is 25.5. The first-order valence-corrected chi connectivity index (χ1v) is 13.2. The van der Waals surface area contributed by atoms with Crippen LogP contribution in [0.25, 0.3) is 0 Å². The van der Waals surface area contributed by atoms with Crippen LogP contribution in [0.4, 0.5) is 5.69 Å². The van der Waals surface area contributed by atoms with Gasteiger partial charge < -0.3 is 15.0 Å². The van der Waals surface area contributed by atoms with E-state index in [1.54, 1.807) is 49.4 Å². The highest BCUT2D eigenvalue weighted by Gasteiger charge is 2.27. The number of sulfonamides is 1. The van der Waals surface area contributed by atoms with Crippen molar-refractivity contribution in [3.63, 3.8) is 0 Å². The van der Waals surface area contributed by atoms with Gasteiger partial charge in [0.15, 0.2) is 0 Å². The summed E-state index contributed by atoms with van der Waals surface area (Å²) in [6, 6.07) is 11.0. The van der Waals surface area contributed by atoms with E-state index in [1.807, 2.05) is 0 Å². The first-order chi connectivity index (χ1) is 16.0. The molecule has 34 heavy (non-hydrogen) atoms. The number of ether oxygens (including phenoxy) is 1. The fourth-order valence-corrected chi connectivity index (χ4v) is 4.95. The van der Waals surface area contributed by atoms with E-state index in [0.717, 1.165) is 6.26 Å². The number of amides is 2. The largest absolute Gasteiger partial charge is 0.495 e. The van der Waals surface area contributed by atoms with Crippen LogP contribution in [-0.4, -0.2) is 58.1 Å². The van der Waals surface area contributed by atoms with Crippen molar-refractivity contribution in [1.82, 2.24) is 10.2 Å². The van der Waals surface area contributed by atoms with Gasteiger partial charge in [-0.05, 0) is 37.6 Å². The molecular formula is C23H29Cl2N3O5S. The molecule has 0 aromatic heterocycles. The zero-order valence-corrected chi connectivity index (χ0v) is 21.9. The summed E-state index contributed by atoms with van der Waals surface area (Å²) in [5.74, 6) is -0.272. The van der Waals surface area contributed by atoms with Crippen molar-refractivity contribution < 1.29 is 22.7 Å². The zero-order valence-electron chi connectivity index (χ0n) is 19.5. The van der Waals surface area contributed by atoms with E-state index in [2.05, 4.69) is 5.32 Å². The molecule has 2 aromatic rings. The number of anilines is 1. The van der Waals surface area contributed by atoms with Gasteiger partial charge in [0.25, 0.3) is 0 Å². The van der Waals surface area contributed by atoms with E-state index in [4.69, 9.17) is 27.9 Å². The fraction of sp³-hybridized carbons (Fsp3) is 0.391. The number of methoxy groups -OCH3 is 1. The van der Waals surface area contributed by atoms with Crippen LogP contribution in [0.15, 0.2) is 42.5 Å². The van der Waals surface area contributed by atoms with E-state index in [0.29, 0.717) is 27.0 Å². The van der Waals surface area contributed by atoms with Gasteiger partial charge in [0.05, 0.1) is 19.1 Å². The van der Waals surface area contributed by atoms with Gasteiger partial charge in [-0.15, -0.1) is 0 Å². The first kappa shape index (κ1) is 27.8. The summed E-state index contributed by atoms with van der Waals surface area (Å²) in [6.45, 7) is 1.70. The Bertz CT molecular complexity index is 1110. The molecule has 2 amide bonds. The van der Waals surface area contributed by atoms with E-state index >= 15 is 0 Å². The van der Waals surface area contributed by atoms with Crippen LogP contribution >= 0.6 is 23.2 Å². The quantitative estimate of drug-likeness (QED) is 0.478. The maximum atomic E-state index is 13.2. The molecule has 11 heteroatoms. The van der Waals surface area contributed by atoms with Crippen molar-refractivity contribution in [2.45, 2.75) is 32.4 Å². The minimum absolute atomic E-state index is 0.00454. The predicted octanol–water partition coefficient (Wildman–Crippen LogP) is 3.71. The molecule has 2 rings (SSSR count).